The zero-order valence-electron chi connectivity index (χ0n) is 10.1. The van der Waals surface area contributed by atoms with E-state index in [0.29, 0.717) is 5.01 Å². The maximum Gasteiger partial charge on any atom is 0.416 e. The second kappa shape index (κ2) is 5.30. The number of carbonyl (C=O) groups excluding carboxylic acids is 1. The van der Waals surface area contributed by atoms with E-state index in [2.05, 4.69) is 4.98 Å². The third-order valence-corrected chi connectivity index (χ3v) is 2.55. The Morgan fingerprint density at radius 3 is 2.50 bits per heavy atom. The molecule has 0 fully saturated rings. The fourth-order valence-electron chi connectivity index (χ4n) is 1.56. The second-order valence-corrected chi connectivity index (χ2v) is 3.94. The molecule has 0 bridgehead atoms. The van der Waals surface area contributed by atoms with Crippen LogP contribution in [0.15, 0.2) is 48.7 Å². The van der Waals surface area contributed by atoms with Crippen LogP contribution >= 0.6 is 0 Å². The molecule has 0 aliphatic heterocycles. The summed E-state index contributed by atoms with van der Waals surface area (Å²) in [6, 6.07) is 8.83. The summed E-state index contributed by atoms with van der Waals surface area (Å²) in [5.74, 6) is 4.87. The van der Waals surface area contributed by atoms with Gasteiger partial charge in [0.2, 0.25) is 0 Å². The number of alkyl halides is 3. The van der Waals surface area contributed by atoms with E-state index >= 15 is 0 Å². The number of hydrogen-bond donors (Lipinski definition) is 1. The van der Waals surface area contributed by atoms with Crippen molar-refractivity contribution in [2.75, 3.05) is 5.01 Å². The van der Waals surface area contributed by atoms with E-state index in [1.54, 1.807) is 12.1 Å². The Hall–Kier alpha value is -2.41. The molecule has 20 heavy (non-hydrogen) atoms. The third kappa shape index (κ3) is 2.94. The number of hydrazine groups is 1. The maximum atomic E-state index is 12.6. The van der Waals surface area contributed by atoms with Gasteiger partial charge in [-0.2, -0.15) is 13.2 Å². The highest BCUT2D eigenvalue weighted by atomic mass is 19.4. The van der Waals surface area contributed by atoms with E-state index in [1.807, 2.05) is 0 Å². The zero-order valence-corrected chi connectivity index (χ0v) is 10.1. The highest BCUT2D eigenvalue weighted by Crippen LogP contribution is 2.31. The van der Waals surface area contributed by atoms with E-state index in [0.717, 1.165) is 12.1 Å². The summed E-state index contributed by atoms with van der Waals surface area (Å²) < 4.78 is 37.8. The first kappa shape index (κ1) is 14.0. The van der Waals surface area contributed by atoms with E-state index < -0.39 is 17.6 Å². The molecule has 2 N–H and O–H groups in total. The van der Waals surface area contributed by atoms with Crippen LogP contribution in [0.5, 0.6) is 0 Å². The summed E-state index contributed by atoms with van der Waals surface area (Å²) in [4.78, 5) is 15.8. The number of nitrogens with zero attached hydrogens (tertiary/aromatic N) is 2. The Bertz CT molecular complexity index is 614. The van der Waals surface area contributed by atoms with Gasteiger partial charge in [0.05, 0.1) is 11.3 Å². The van der Waals surface area contributed by atoms with E-state index in [4.69, 9.17) is 5.84 Å². The van der Waals surface area contributed by atoms with Crippen molar-refractivity contribution >= 4 is 11.6 Å². The molecule has 4 nitrogen and oxygen atoms in total. The van der Waals surface area contributed by atoms with Crippen LogP contribution in [0.4, 0.5) is 18.9 Å². The summed E-state index contributed by atoms with van der Waals surface area (Å²) in [6.07, 6.45) is -3.10. The van der Waals surface area contributed by atoms with E-state index in [-0.39, 0.29) is 11.4 Å². The number of aromatic nitrogens is 1. The summed E-state index contributed by atoms with van der Waals surface area (Å²) in [7, 11) is 0. The SMILES string of the molecule is NN(C(=O)c1ccccn1)c1cccc(C(F)(F)F)c1. The lowest BCUT2D eigenvalue weighted by atomic mass is 10.2. The predicted molar refractivity (Wildman–Crippen MR) is 66.7 cm³/mol. The molecule has 1 heterocycles. The molecule has 0 spiro atoms. The quantitative estimate of drug-likeness (QED) is 0.523. The van der Waals surface area contributed by atoms with Crippen LogP contribution in [0, 0.1) is 0 Å². The van der Waals surface area contributed by atoms with Gasteiger partial charge in [-0.3, -0.25) is 9.78 Å². The summed E-state index contributed by atoms with van der Waals surface area (Å²) in [5.41, 5.74) is -0.887. The largest absolute Gasteiger partial charge is 0.416 e. The number of anilines is 1. The van der Waals surface area contributed by atoms with Crippen LogP contribution < -0.4 is 10.9 Å². The minimum absolute atomic E-state index is 0.0485. The van der Waals surface area contributed by atoms with E-state index in [1.165, 1.54) is 24.4 Å². The van der Waals surface area contributed by atoms with Crippen molar-refractivity contribution in [3.63, 3.8) is 0 Å². The first-order chi connectivity index (χ1) is 9.39. The van der Waals surface area contributed by atoms with Gasteiger partial charge >= 0.3 is 6.18 Å². The van der Waals surface area contributed by atoms with Crippen LogP contribution in [-0.2, 0) is 6.18 Å². The molecule has 0 aliphatic rings. The Kier molecular flexibility index (Phi) is 3.71. The van der Waals surface area contributed by atoms with Crippen LogP contribution in [0.3, 0.4) is 0 Å². The van der Waals surface area contributed by atoms with Gasteiger partial charge in [0, 0.05) is 6.20 Å². The topological polar surface area (TPSA) is 59.2 Å². The van der Waals surface area contributed by atoms with Crippen molar-refractivity contribution in [1.29, 1.82) is 0 Å². The van der Waals surface area contributed by atoms with Gasteiger partial charge in [0.25, 0.3) is 5.91 Å². The first-order valence-corrected chi connectivity index (χ1v) is 5.57. The van der Waals surface area contributed by atoms with Gasteiger partial charge in [-0.1, -0.05) is 12.1 Å². The van der Waals surface area contributed by atoms with Crippen molar-refractivity contribution in [1.82, 2.24) is 4.98 Å². The highest BCUT2D eigenvalue weighted by molar-refractivity contribution is 6.03. The molecule has 7 heteroatoms. The fraction of sp³-hybridized carbons (Fsp3) is 0.0769. The van der Waals surface area contributed by atoms with Crippen LogP contribution in [-0.4, -0.2) is 10.9 Å². The zero-order chi connectivity index (χ0) is 14.8. The Labute approximate surface area is 112 Å². The molecule has 0 unspecified atom stereocenters. The number of rotatable bonds is 2. The van der Waals surface area contributed by atoms with Crippen LogP contribution in [0.2, 0.25) is 0 Å². The van der Waals surface area contributed by atoms with Gasteiger partial charge in [0.1, 0.15) is 5.69 Å². The summed E-state index contributed by atoms with van der Waals surface area (Å²) in [6.45, 7) is 0. The molecule has 1 aromatic heterocycles. The number of amides is 1. The standard InChI is InChI=1S/C13H10F3N3O/c14-13(15,16)9-4-3-5-10(8-9)19(17)12(20)11-6-1-2-7-18-11/h1-8H,17H2. The number of carbonyl (C=O) groups is 1. The molecule has 1 amide bonds. The van der Waals surface area contributed by atoms with Crippen molar-refractivity contribution in [2.24, 2.45) is 5.84 Å². The molecule has 2 rings (SSSR count). The predicted octanol–water partition coefficient (Wildman–Crippen LogP) is 2.62. The fourth-order valence-corrected chi connectivity index (χ4v) is 1.56. The molecule has 0 atom stereocenters. The molecular weight excluding hydrogens is 271 g/mol. The lowest BCUT2D eigenvalue weighted by Crippen LogP contribution is -2.38. The Morgan fingerprint density at radius 1 is 1.15 bits per heavy atom. The highest BCUT2D eigenvalue weighted by Gasteiger charge is 2.31. The van der Waals surface area contributed by atoms with Crippen molar-refractivity contribution in [2.45, 2.75) is 6.18 Å². The Balaban J connectivity index is 2.30. The molecule has 0 radical (unpaired) electrons. The number of nitrogens with two attached hydrogens (primary N) is 1. The average molecular weight is 281 g/mol. The first-order valence-electron chi connectivity index (χ1n) is 5.57. The van der Waals surface area contributed by atoms with E-state index in [9.17, 15) is 18.0 Å². The molecule has 104 valence electrons. The summed E-state index contributed by atoms with van der Waals surface area (Å²) in [5, 5.41) is 0.636. The average Bonchev–Trinajstić information content (AvgIpc) is 2.46. The number of halogens is 3. The second-order valence-electron chi connectivity index (χ2n) is 3.94. The van der Waals surface area contributed by atoms with Gasteiger partial charge in [-0.05, 0) is 30.3 Å². The number of pyridine rings is 1. The lowest BCUT2D eigenvalue weighted by molar-refractivity contribution is -0.137. The molecule has 1 aromatic carbocycles. The van der Waals surface area contributed by atoms with Crippen LogP contribution in [0.25, 0.3) is 0 Å². The molecule has 2 aromatic rings. The van der Waals surface area contributed by atoms with Gasteiger partial charge in [0.15, 0.2) is 0 Å². The third-order valence-electron chi connectivity index (χ3n) is 2.55. The monoisotopic (exact) mass is 281 g/mol. The normalized spacial score (nSPS) is 11.2. The smallest absolute Gasteiger partial charge is 0.265 e. The minimum Gasteiger partial charge on any atom is -0.265 e. The minimum atomic E-state index is -4.50. The number of hydrogen-bond acceptors (Lipinski definition) is 3. The van der Waals surface area contributed by atoms with Crippen molar-refractivity contribution < 1.29 is 18.0 Å². The molecule has 0 saturated heterocycles. The molecule has 0 saturated carbocycles. The summed E-state index contributed by atoms with van der Waals surface area (Å²) >= 11 is 0. The molecular formula is C13H10F3N3O. The Morgan fingerprint density at radius 2 is 1.90 bits per heavy atom. The number of benzene rings is 1. The van der Waals surface area contributed by atoms with Crippen molar-refractivity contribution in [3.8, 4) is 0 Å². The van der Waals surface area contributed by atoms with Gasteiger partial charge in [-0.25, -0.2) is 10.9 Å². The maximum absolute atomic E-state index is 12.6. The van der Waals surface area contributed by atoms with Gasteiger partial charge < -0.3 is 0 Å². The lowest BCUT2D eigenvalue weighted by Gasteiger charge is -2.17. The van der Waals surface area contributed by atoms with Gasteiger partial charge in [-0.15, -0.1) is 0 Å². The van der Waals surface area contributed by atoms with Crippen molar-refractivity contribution in [3.05, 3.63) is 59.9 Å². The molecule has 0 aliphatic carbocycles. The van der Waals surface area contributed by atoms with Crippen LogP contribution in [0.1, 0.15) is 16.1 Å².